The van der Waals surface area contributed by atoms with E-state index in [2.05, 4.69) is 26.4 Å². The van der Waals surface area contributed by atoms with Crippen LogP contribution in [0.5, 0.6) is 0 Å². The summed E-state index contributed by atoms with van der Waals surface area (Å²) in [6, 6.07) is 14.5. The highest BCUT2D eigenvalue weighted by atomic mass is 79.9. The average molecular weight is 326 g/mol. The summed E-state index contributed by atoms with van der Waals surface area (Å²) in [4.78, 5) is 4.31. The molecule has 18 heavy (non-hydrogen) atoms. The minimum absolute atomic E-state index is 0.369. The Hall–Kier alpha value is -1.36. The molecule has 0 amide bonds. The van der Waals surface area contributed by atoms with Gasteiger partial charge in [0.2, 0.25) is 0 Å². The summed E-state index contributed by atoms with van der Waals surface area (Å²) in [5.74, 6) is 0.369. The van der Waals surface area contributed by atoms with E-state index in [9.17, 15) is 0 Å². The molecule has 2 aromatic carbocycles. The summed E-state index contributed by atoms with van der Waals surface area (Å²) in [5, 5.41) is 9.78. The van der Waals surface area contributed by atoms with Crippen molar-refractivity contribution in [2.45, 2.75) is 0 Å². The molecule has 0 bridgehead atoms. The van der Waals surface area contributed by atoms with Crippen molar-refractivity contribution < 1.29 is 5.21 Å². The van der Waals surface area contributed by atoms with Crippen molar-refractivity contribution in [2.24, 2.45) is 4.99 Å². The predicted molar refractivity (Wildman–Crippen MR) is 76.7 cm³/mol. The Labute approximate surface area is 118 Å². The van der Waals surface area contributed by atoms with Crippen molar-refractivity contribution in [1.82, 2.24) is 5.48 Å². The van der Waals surface area contributed by atoms with E-state index < -0.39 is 0 Å². The minimum atomic E-state index is 0.369. The molecule has 0 spiro atoms. The molecule has 0 saturated carbocycles. The maximum absolute atomic E-state index is 9.14. The predicted octanol–water partition coefficient (Wildman–Crippen LogP) is 4.16. The number of aliphatic imine (C=N–C) groups is 1. The van der Waals surface area contributed by atoms with Crippen LogP contribution in [0.1, 0.15) is 5.56 Å². The average Bonchev–Trinajstić information content (AvgIpc) is 2.39. The van der Waals surface area contributed by atoms with E-state index in [1.54, 1.807) is 24.3 Å². The zero-order valence-electron chi connectivity index (χ0n) is 9.27. The van der Waals surface area contributed by atoms with Crippen molar-refractivity contribution in [3.63, 3.8) is 0 Å². The van der Waals surface area contributed by atoms with Gasteiger partial charge >= 0.3 is 0 Å². The summed E-state index contributed by atoms with van der Waals surface area (Å²) in [6.07, 6.45) is 0. The molecule has 0 aliphatic carbocycles. The van der Waals surface area contributed by atoms with Crippen molar-refractivity contribution in [2.75, 3.05) is 0 Å². The lowest BCUT2D eigenvalue weighted by Crippen LogP contribution is -2.19. The zero-order valence-corrected chi connectivity index (χ0v) is 11.6. The van der Waals surface area contributed by atoms with Crippen molar-refractivity contribution in [3.8, 4) is 0 Å². The van der Waals surface area contributed by atoms with E-state index in [-0.39, 0.29) is 0 Å². The number of hydroxylamine groups is 1. The minimum Gasteiger partial charge on any atom is -0.290 e. The number of halogens is 2. The van der Waals surface area contributed by atoms with Gasteiger partial charge in [0, 0.05) is 15.1 Å². The van der Waals surface area contributed by atoms with Gasteiger partial charge in [0.1, 0.15) is 0 Å². The first-order valence-electron chi connectivity index (χ1n) is 5.19. The number of amidine groups is 1. The van der Waals surface area contributed by atoms with Crippen LogP contribution in [-0.2, 0) is 0 Å². The highest BCUT2D eigenvalue weighted by Gasteiger charge is 2.02. The van der Waals surface area contributed by atoms with Gasteiger partial charge in [-0.2, -0.15) is 0 Å². The van der Waals surface area contributed by atoms with Crippen LogP contribution in [-0.4, -0.2) is 11.0 Å². The maximum atomic E-state index is 9.14. The summed E-state index contributed by atoms with van der Waals surface area (Å²) in [7, 11) is 0. The Bertz CT molecular complexity index is 552. The molecular formula is C13H10BrClN2O. The third kappa shape index (κ3) is 3.32. The van der Waals surface area contributed by atoms with Gasteiger partial charge in [-0.1, -0.05) is 27.5 Å². The highest BCUT2D eigenvalue weighted by molar-refractivity contribution is 9.10. The Morgan fingerprint density at radius 3 is 2.22 bits per heavy atom. The van der Waals surface area contributed by atoms with Crippen LogP contribution in [0.15, 0.2) is 58.0 Å². The van der Waals surface area contributed by atoms with E-state index in [1.807, 2.05) is 24.3 Å². The third-order valence-electron chi connectivity index (χ3n) is 2.29. The topological polar surface area (TPSA) is 44.6 Å². The second-order valence-electron chi connectivity index (χ2n) is 3.56. The molecule has 0 aliphatic heterocycles. The lowest BCUT2D eigenvalue weighted by molar-refractivity contribution is 0.235. The fourth-order valence-electron chi connectivity index (χ4n) is 1.41. The molecule has 0 radical (unpaired) electrons. The van der Waals surface area contributed by atoms with Gasteiger partial charge in [-0.15, -0.1) is 0 Å². The van der Waals surface area contributed by atoms with Crippen LogP contribution < -0.4 is 5.48 Å². The van der Waals surface area contributed by atoms with Crippen LogP contribution in [0.25, 0.3) is 0 Å². The lowest BCUT2D eigenvalue weighted by Gasteiger charge is -2.05. The monoisotopic (exact) mass is 324 g/mol. The van der Waals surface area contributed by atoms with Gasteiger partial charge in [0.15, 0.2) is 5.84 Å². The van der Waals surface area contributed by atoms with E-state index in [0.29, 0.717) is 10.9 Å². The van der Waals surface area contributed by atoms with Gasteiger partial charge in [0.25, 0.3) is 0 Å². The van der Waals surface area contributed by atoms with Crippen LogP contribution >= 0.6 is 27.5 Å². The smallest absolute Gasteiger partial charge is 0.157 e. The largest absolute Gasteiger partial charge is 0.290 e. The van der Waals surface area contributed by atoms with E-state index >= 15 is 0 Å². The number of hydrogen-bond donors (Lipinski definition) is 2. The van der Waals surface area contributed by atoms with Crippen LogP contribution in [0.2, 0.25) is 5.02 Å². The second-order valence-corrected chi connectivity index (χ2v) is 4.91. The first kappa shape index (κ1) is 13.1. The third-order valence-corrected chi connectivity index (χ3v) is 3.07. The van der Waals surface area contributed by atoms with Crippen LogP contribution in [0.4, 0.5) is 5.69 Å². The van der Waals surface area contributed by atoms with E-state index in [1.165, 1.54) is 0 Å². The van der Waals surface area contributed by atoms with Crippen molar-refractivity contribution in [1.29, 1.82) is 0 Å². The standard InChI is InChI=1S/C13H10BrClN2O/c14-10-3-7-12(8-4-10)16-13(17-18)9-1-5-11(15)6-2-9/h1-8,18H,(H,16,17). The molecule has 5 heteroatoms. The first-order valence-corrected chi connectivity index (χ1v) is 6.36. The molecule has 0 atom stereocenters. The highest BCUT2D eigenvalue weighted by Crippen LogP contribution is 2.18. The number of nitrogens with one attached hydrogen (secondary N) is 1. The Morgan fingerprint density at radius 2 is 1.67 bits per heavy atom. The molecule has 0 aromatic heterocycles. The molecule has 92 valence electrons. The maximum Gasteiger partial charge on any atom is 0.157 e. The molecule has 2 aromatic rings. The van der Waals surface area contributed by atoms with E-state index in [4.69, 9.17) is 16.8 Å². The molecule has 0 fully saturated rings. The summed E-state index contributed by atoms with van der Waals surface area (Å²) in [6.45, 7) is 0. The van der Waals surface area contributed by atoms with Crippen LogP contribution in [0.3, 0.4) is 0 Å². The Morgan fingerprint density at radius 1 is 1.06 bits per heavy atom. The normalized spacial score (nSPS) is 11.4. The molecular weight excluding hydrogens is 316 g/mol. The fraction of sp³-hybridized carbons (Fsp3) is 0. The molecule has 3 nitrogen and oxygen atoms in total. The van der Waals surface area contributed by atoms with Gasteiger partial charge in [0.05, 0.1) is 5.69 Å². The molecule has 0 saturated heterocycles. The summed E-state index contributed by atoms with van der Waals surface area (Å²) in [5.41, 5.74) is 3.59. The molecule has 2 rings (SSSR count). The first-order chi connectivity index (χ1) is 8.69. The van der Waals surface area contributed by atoms with E-state index in [0.717, 1.165) is 15.7 Å². The van der Waals surface area contributed by atoms with Crippen molar-refractivity contribution in [3.05, 3.63) is 63.6 Å². The SMILES string of the molecule is ONC(=Nc1ccc(Br)cc1)c1ccc(Cl)cc1. The summed E-state index contributed by atoms with van der Waals surface area (Å²) < 4.78 is 0.978. The molecule has 0 aliphatic rings. The fourth-order valence-corrected chi connectivity index (χ4v) is 1.80. The number of rotatable bonds is 2. The summed E-state index contributed by atoms with van der Waals surface area (Å²) >= 11 is 9.16. The van der Waals surface area contributed by atoms with Crippen LogP contribution in [0, 0.1) is 0 Å². The van der Waals surface area contributed by atoms with Gasteiger partial charge in [-0.25, -0.2) is 4.99 Å². The second kappa shape index (κ2) is 6.00. The number of hydrogen-bond acceptors (Lipinski definition) is 2. The van der Waals surface area contributed by atoms with Gasteiger partial charge < -0.3 is 0 Å². The van der Waals surface area contributed by atoms with Gasteiger partial charge in [-0.05, 0) is 48.5 Å². The zero-order chi connectivity index (χ0) is 13.0. The van der Waals surface area contributed by atoms with Gasteiger partial charge in [-0.3, -0.25) is 10.7 Å². The Balaban J connectivity index is 2.33. The number of benzene rings is 2. The number of nitrogens with zero attached hydrogens (tertiary/aromatic N) is 1. The Kier molecular flexibility index (Phi) is 4.36. The van der Waals surface area contributed by atoms with Crippen molar-refractivity contribution >= 4 is 39.1 Å². The molecule has 2 N–H and O–H groups in total. The lowest BCUT2D eigenvalue weighted by atomic mass is 10.2. The molecule has 0 unspecified atom stereocenters. The quantitative estimate of drug-likeness (QED) is 0.495. The molecule has 0 heterocycles.